The summed E-state index contributed by atoms with van der Waals surface area (Å²) in [5, 5.41) is 0. The molecule has 0 fully saturated rings. The third kappa shape index (κ3) is 5.09. The Hall–Kier alpha value is 0.270. The second-order valence-corrected chi connectivity index (χ2v) is 2.60. The van der Waals surface area contributed by atoms with Gasteiger partial charge in [-0.05, 0) is 26.1 Å². The van der Waals surface area contributed by atoms with E-state index in [4.69, 9.17) is 0 Å². The average Bonchev–Trinajstić information content (AvgIpc) is 1.99. The van der Waals surface area contributed by atoms with Crippen molar-refractivity contribution in [3.8, 4) is 0 Å². The molecule has 0 aromatic carbocycles. The van der Waals surface area contributed by atoms with E-state index in [-0.39, 0.29) is 0 Å². The molecule has 62 valence electrons. The summed E-state index contributed by atoms with van der Waals surface area (Å²) in [6, 6.07) is 0. The Labute approximate surface area is 69.5 Å². The third-order valence-electron chi connectivity index (χ3n) is 1.66. The van der Waals surface area contributed by atoms with Gasteiger partial charge in [-0.25, -0.2) is 0 Å². The van der Waals surface area contributed by atoms with Crippen molar-refractivity contribution in [3.05, 3.63) is 0 Å². The fourth-order valence-corrected chi connectivity index (χ4v) is 1.08. The topological polar surface area (TPSA) is 15.3 Å². The molecule has 0 atom stereocenters. The standard InChI is InChI=1S/C7H18N2S/c1-3-9(4-2)7-5-6-8-10/h8,10H,3-7H2,1-2H3. The van der Waals surface area contributed by atoms with Crippen LogP contribution in [0.3, 0.4) is 0 Å². The Morgan fingerprint density at radius 2 is 1.90 bits per heavy atom. The molecule has 0 aromatic rings. The van der Waals surface area contributed by atoms with Crippen LogP contribution in [0.5, 0.6) is 0 Å². The van der Waals surface area contributed by atoms with Crippen molar-refractivity contribution in [2.45, 2.75) is 20.3 Å². The molecule has 0 unspecified atom stereocenters. The van der Waals surface area contributed by atoms with Crippen molar-refractivity contribution in [2.75, 3.05) is 26.2 Å². The first-order valence-corrected chi connectivity index (χ1v) is 4.39. The van der Waals surface area contributed by atoms with Crippen LogP contribution >= 0.6 is 12.8 Å². The van der Waals surface area contributed by atoms with E-state index >= 15 is 0 Å². The highest BCUT2D eigenvalue weighted by Crippen LogP contribution is 1.88. The lowest BCUT2D eigenvalue weighted by molar-refractivity contribution is 0.301. The lowest BCUT2D eigenvalue weighted by Crippen LogP contribution is -2.25. The summed E-state index contributed by atoms with van der Waals surface area (Å²) in [5.74, 6) is 0. The molecule has 0 aliphatic carbocycles. The molecule has 0 heterocycles. The second-order valence-electron chi connectivity index (χ2n) is 2.29. The summed E-state index contributed by atoms with van der Waals surface area (Å²) in [7, 11) is 0. The van der Waals surface area contributed by atoms with Crippen LogP contribution in [0.1, 0.15) is 20.3 Å². The number of rotatable bonds is 6. The number of thiol groups is 1. The summed E-state index contributed by atoms with van der Waals surface area (Å²) in [4.78, 5) is 2.41. The summed E-state index contributed by atoms with van der Waals surface area (Å²) in [5.41, 5.74) is 0. The first kappa shape index (κ1) is 10.3. The monoisotopic (exact) mass is 162 g/mol. The van der Waals surface area contributed by atoms with E-state index in [1.54, 1.807) is 0 Å². The molecule has 0 aromatic heterocycles. The SMILES string of the molecule is CCN(CC)CCCNS. The molecule has 0 rings (SSSR count). The maximum atomic E-state index is 3.91. The van der Waals surface area contributed by atoms with Gasteiger partial charge in [0.2, 0.25) is 0 Å². The molecule has 3 heteroatoms. The number of hydrogen-bond donors (Lipinski definition) is 2. The highest BCUT2D eigenvalue weighted by atomic mass is 32.1. The highest BCUT2D eigenvalue weighted by Gasteiger charge is 1.95. The minimum Gasteiger partial charge on any atom is -0.304 e. The van der Waals surface area contributed by atoms with Crippen LogP contribution in [0.2, 0.25) is 0 Å². The number of hydrogen-bond acceptors (Lipinski definition) is 3. The van der Waals surface area contributed by atoms with Crippen molar-refractivity contribution >= 4 is 12.8 Å². The van der Waals surface area contributed by atoms with Crippen molar-refractivity contribution in [1.82, 2.24) is 9.62 Å². The average molecular weight is 162 g/mol. The first-order chi connectivity index (χ1) is 4.85. The Kier molecular flexibility index (Phi) is 7.58. The minimum atomic E-state index is 1.000. The molecule has 10 heavy (non-hydrogen) atoms. The molecule has 1 N–H and O–H groups in total. The van der Waals surface area contributed by atoms with E-state index in [9.17, 15) is 0 Å². The molecule has 0 spiro atoms. The van der Waals surface area contributed by atoms with Gasteiger partial charge in [-0.2, -0.15) is 0 Å². The van der Waals surface area contributed by atoms with Gasteiger partial charge in [0.25, 0.3) is 0 Å². The highest BCUT2D eigenvalue weighted by molar-refractivity contribution is 7.78. The third-order valence-corrected chi connectivity index (χ3v) is 1.88. The Morgan fingerprint density at radius 3 is 2.30 bits per heavy atom. The maximum Gasteiger partial charge on any atom is 0.00683 e. The fraction of sp³-hybridized carbons (Fsp3) is 1.00. The molecular weight excluding hydrogens is 144 g/mol. The fourth-order valence-electron chi connectivity index (χ4n) is 0.922. The molecule has 0 amide bonds. The van der Waals surface area contributed by atoms with Crippen LogP contribution < -0.4 is 4.72 Å². The van der Waals surface area contributed by atoms with Crippen LogP contribution in [0.25, 0.3) is 0 Å². The zero-order chi connectivity index (χ0) is 7.82. The van der Waals surface area contributed by atoms with E-state index in [1.807, 2.05) is 0 Å². The molecule has 0 saturated heterocycles. The Bertz CT molecular complexity index is 64.6. The smallest absolute Gasteiger partial charge is 0.00683 e. The van der Waals surface area contributed by atoms with Crippen LogP contribution in [0.15, 0.2) is 0 Å². The largest absolute Gasteiger partial charge is 0.304 e. The van der Waals surface area contributed by atoms with E-state index in [0.29, 0.717) is 0 Å². The quantitative estimate of drug-likeness (QED) is 0.450. The van der Waals surface area contributed by atoms with Gasteiger partial charge < -0.3 is 4.90 Å². The van der Waals surface area contributed by atoms with Crippen LogP contribution in [0.4, 0.5) is 0 Å². The first-order valence-electron chi connectivity index (χ1n) is 3.94. The molecule has 2 nitrogen and oxygen atoms in total. The Balaban J connectivity index is 3.09. The number of nitrogens with zero attached hydrogens (tertiary/aromatic N) is 1. The van der Waals surface area contributed by atoms with Crippen molar-refractivity contribution < 1.29 is 0 Å². The normalized spacial score (nSPS) is 10.8. The van der Waals surface area contributed by atoms with Gasteiger partial charge in [0, 0.05) is 6.54 Å². The van der Waals surface area contributed by atoms with Gasteiger partial charge >= 0.3 is 0 Å². The lowest BCUT2D eigenvalue weighted by atomic mass is 10.4. The molecule has 0 saturated carbocycles. The van der Waals surface area contributed by atoms with E-state index in [2.05, 4.69) is 36.3 Å². The molecular formula is C7H18N2S. The van der Waals surface area contributed by atoms with Gasteiger partial charge in [0.1, 0.15) is 0 Å². The molecule has 0 aliphatic heterocycles. The summed E-state index contributed by atoms with van der Waals surface area (Å²) in [6.07, 6.45) is 1.19. The number of nitrogens with one attached hydrogen (secondary N) is 1. The minimum absolute atomic E-state index is 1.000. The van der Waals surface area contributed by atoms with Crippen LogP contribution in [-0.4, -0.2) is 31.1 Å². The van der Waals surface area contributed by atoms with Gasteiger partial charge in [0.15, 0.2) is 0 Å². The maximum absolute atomic E-state index is 3.91. The van der Waals surface area contributed by atoms with Gasteiger partial charge in [-0.3, -0.25) is 4.72 Å². The van der Waals surface area contributed by atoms with Crippen LogP contribution in [-0.2, 0) is 0 Å². The van der Waals surface area contributed by atoms with Crippen molar-refractivity contribution in [1.29, 1.82) is 0 Å². The van der Waals surface area contributed by atoms with E-state index in [0.717, 1.165) is 19.6 Å². The zero-order valence-corrected chi connectivity index (χ0v) is 7.82. The lowest BCUT2D eigenvalue weighted by Gasteiger charge is -2.16. The van der Waals surface area contributed by atoms with E-state index < -0.39 is 0 Å². The van der Waals surface area contributed by atoms with Gasteiger partial charge in [-0.15, -0.1) is 0 Å². The van der Waals surface area contributed by atoms with Gasteiger partial charge in [-0.1, -0.05) is 26.7 Å². The Morgan fingerprint density at radius 1 is 1.30 bits per heavy atom. The van der Waals surface area contributed by atoms with Crippen molar-refractivity contribution in [3.63, 3.8) is 0 Å². The van der Waals surface area contributed by atoms with Crippen LogP contribution in [0, 0.1) is 0 Å². The second kappa shape index (κ2) is 7.38. The van der Waals surface area contributed by atoms with Gasteiger partial charge in [0.05, 0.1) is 0 Å². The zero-order valence-electron chi connectivity index (χ0n) is 6.93. The van der Waals surface area contributed by atoms with Crippen molar-refractivity contribution in [2.24, 2.45) is 0 Å². The summed E-state index contributed by atoms with van der Waals surface area (Å²) < 4.78 is 2.84. The molecule has 0 radical (unpaired) electrons. The summed E-state index contributed by atoms with van der Waals surface area (Å²) in [6.45, 7) is 8.88. The van der Waals surface area contributed by atoms with E-state index in [1.165, 1.54) is 13.0 Å². The molecule has 0 aliphatic rings. The molecule has 0 bridgehead atoms. The predicted octanol–water partition coefficient (Wildman–Crippen LogP) is 1.15. The summed E-state index contributed by atoms with van der Waals surface area (Å²) >= 11 is 3.91. The predicted molar refractivity (Wildman–Crippen MR) is 49.4 cm³/mol.